The van der Waals surface area contributed by atoms with E-state index in [4.69, 9.17) is 90.0 Å². The molecular weight excluding hydrogens is 1640 g/mol. The Kier molecular flexibility index (Phi) is 34.7. The number of aliphatic hydroxyl groups is 25. The van der Waals surface area contributed by atoms with Gasteiger partial charge in [-0.1, -0.05) is 0 Å². The van der Waals surface area contributed by atoms with E-state index in [-0.39, 0.29) is 0 Å². The van der Waals surface area contributed by atoms with Crippen LogP contribution >= 0.6 is 0 Å². The monoisotopic (exact) mass is 1750 g/mol. The standard InChI is InChI=1S/C68H114N4O48/c1-15-33(82)43(92)48(97)63(104-15)102-14-28-53(41(90)29(59(101)107-28)69-18(4)78)114-60-30(70-19(5)79)42(91)52(26(12-77)112-60)115-66-51(100)56(118-68-58(47(96)37(86)23(9-74)111-68)120-62-32(72-21(7)81)55(39(88)25(11-76)109-62)117-65-50(99)45(94)35(84)17(3)106-65)40(89)27(113-66)13-103-67-57(46(95)36(85)22(8-73)110-67)119-61-31(71-20(6)80)54(38(87)24(10-75)108-61)116-64-49(98)44(93)34(83)16(2)105-64/h15-17,22-68,73-77,82-101H,8-14H2,1-7H3,(H,69,78)(H,70,79)(H,71,80)(H,72,81)/t15-,16-,17-,22+,23+,24+,25+,26+,27+,28+,29+,30+,31+,32+,33+,34+,35+,36+,37+,38+,39+,40+,41+,42+,43+,44+,45+,46-,47-,48-,49-,50-,51-,52+,53+,54+,55+,56-,57-,58-,59+,60-,61-,62-,63+,64-,65-,66-,67-,68+/m0/s1. The van der Waals surface area contributed by atoms with E-state index in [1.807, 2.05) is 0 Å². The Bertz CT molecular complexity index is 3250. The van der Waals surface area contributed by atoms with Crippen molar-refractivity contribution >= 4 is 23.6 Å². The highest BCUT2D eigenvalue weighted by molar-refractivity contribution is 5.74. The third kappa shape index (κ3) is 21.6. The molecule has 4 amide bonds. The lowest BCUT2D eigenvalue weighted by atomic mass is 9.93. The second-order valence-corrected chi connectivity index (χ2v) is 31.0. The van der Waals surface area contributed by atoms with Crippen LogP contribution in [0.25, 0.3) is 0 Å². The number of hydrogen-bond donors (Lipinski definition) is 29. The lowest BCUT2D eigenvalue weighted by Crippen LogP contribution is -2.71. The van der Waals surface area contributed by atoms with Crippen LogP contribution in [0.5, 0.6) is 0 Å². The summed E-state index contributed by atoms with van der Waals surface area (Å²) in [6.07, 6.45) is -92.8. The van der Waals surface area contributed by atoms with Crippen LogP contribution in [0.2, 0.25) is 0 Å². The number of hydrogen-bond acceptors (Lipinski definition) is 48. The summed E-state index contributed by atoms with van der Waals surface area (Å²) in [7, 11) is 0. The fourth-order valence-electron chi connectivity index (χ4n) is 15.7. The summed E-state index contributed by atoms with van der Waals surface area (Å²) in [4.78, 5) is 51.9. The van der Waals surface area contributed by atoms with Crippen molar-refractivity contribution in [3.05, 3.63) is 0 Å². The molecule has 0 aromatic heterocycles. The van der Waals surface area contributed by atoms with Crippen molar-refractivity contribution in [1.82, 2.24) is 21.3 Å². The summed E-state index contributed by atoms with van der Waals surface area (Å²) in [5, 5.41) is 291. The smallest absolute Gasteiger partial charge is 0.217 e. The summed E-state index contributed by atoms with van der Waals surface area (Å²) in [5.41, 5.74) is 0. The minimum atomic E-state index is -2.61. The molecule has 0 aromatic carbocycles. The van der Waals surface area contributed by atoms with Crippen molar-refractivity contribution in [1.29, 1.82) is 0 Å². The van der Waals surface area contributed by atoms with Gasteiger partial charge in [0.15, 0.2) is 62.9 Å². The van der Waals surface area contributed by atoms with Crippen molar-refractivity contribution in [2.45, 2.75) is 355 Å². The SMILES string of the molecule is CC(=O)N[C@@H]1[C@@H](O)[C@H](O[C@@H]2O[C@H](CO)[C@@H](O[C@@H]3O[C@H](CO[C@H]4O[C@H](CO)[C@@H](O)[C@H](O)[C@@H]4O[C@@H]4O[C@H](CO)[C@@H](O)[C@H](O[C@@H]5O[C@@H](C)[C@@H](O)[C@@H](O)[C@@H]5O)[C@H]4NC(C)=O)[C@@H](O)[C@H](O[C@H]4O[C@H](CO)[C@@H](O)[C@H](O)[C@@H]4O[C@@H]4O[C@H](CO)[C@@H](O)[C@H](O[C@@H]5O[C@@H](C)[C@@H](O)[C@@H](O)[C@@H]5O)[C@H]4NC(C)=O)[C@@H]3O)[C@H](O)[C@H]2NC(C)=O)[C@@H](CO[C@@H]2O[C@@H](C)[C@@H](O)[C@@H](O)[C@@H]2O)O[C@H]1O. The van der Waals surface area contributed by atoms with Crippen molar-refractivity contribution in [2.75, 3.05) is 46.2 Å². The molecule has 29 N–H and O–H groups in total. The van der Waals surface area contributed by atoms with Crippen LogP contribution in [-0.4, -0.2) is 504 Å². The minimum Gasteiger partial charge on any atom is -0.394 e. The van der Waals surface area contributed by atoms with E-state index in [0.717, 1.165) is 27.7 Å². The molecule has 10 aliphatic heterocycles. The quantitative estimate of drug-likeness (QED) is 0.0331. The first-order chi connectivity index (χ1) is 56.6. The topological polar surface area (TPSA) is 798 Å². The average molecular weight is 1760 g/mol. The van der Waals surface area contributed by atoms with Gasteiger partial charge >= 0.3 is 0 Å². The second kappa shape index (κ2) is 42.4. The van der Waals surface area contributed by atoms with Crippen LogP contribution in [0.1, 0.15) is 48.5 Å². The van der Waals surface area contributed by atoms with Gasteiger partial charge < -0.3 is 239 Å². The van der Waals surface area contributed by atoms with E-state index < -0.39 is 377 Å². The molecule has 0 radical (unpaired) electrons. The van der Waals surface area contributed by atoms with Gasteiger partial charge in [0, 0.05) is 27.7 Å². The highest BCUT2D eigenvalue weighted by Crippen LogP contribution is 2.41. The van der Waals surface area contributed by atoms with Crippen LogP contribution in [0.4, 0.5) is 0 Å². The van der Waals surface area contributed by atoms with Gasteiger partial charge in [0.05, 0.1) is 64.6 Å². The predicted molar refractivity (Wildman–Crippen MR) is 372 cm³/mol. The van der Waals surface area contributed by atoms with Gasteiger partial charge in [-0.25, -0.2) is 0 Å². The first-order valence-corrected chi connectivity index (χ1v) is 38.7. The Labute approximate surface area is 681 Å². The molecule has 52 heteroatoms. The molecule has 10 rings (SSSR count). The zero-order valence-corrected chi connectivity index (χ0v) is 65.4. The van der Waals surface area contributed by atoms with Crippen molar-refractivity contribution < 1.29 is 237 Å². The highest BCUT2D eigenvalue weighted by Gasteiger charge is 2.62. The fraction of sp³-hybridized carbons (Fsp3) is 0.941. The molecule has 120 heavy (non-hydrogen) atoms. The Hall–Kier alpha value is -3.88. The number of rotatable bonds is 29. The summed E-state index contributed by atoms with van der Waals surface area (Å²) >= 11 is 0. The largest absolute Gasteiger partial charge is 0.394 e. The number of carbonyl (C=O) groups excluding carboxylic acids is 4. The first-order valence-electron chi connectivity index (χ1n) is 38.7. The van der Waals surface area contributed by atoms with Crippen LogP contribution in [0, 0.1) is 0 Å². The lowest BCUT2D eigenvalue weighted by Gasteiger charge is -2.51. The van der Waals surface area contributed by atoms with Crippen LogP contribution in [0.3, 0.4) is 0 Å². The summed E-state index contributed by atoms with van der Waals surface area (Å²) in [6.45, 7) is -0.117. The minimum absolute atomic E-state index is 0.838. The molecular formula is C68H114N4O48. The normalized spacial score (nSPS) is 50.3. The van der Waals surface area contributed by atoms with Crippen LogP contribution in [0.15, 0.2) is 0 Å². The van der Waals surface area contributed by atoms with E-state index in [1.54, 1.807) is 0 Å². The zero-order valence-electron chi connectivity index (χ0n) is 65.4. The third-order valence-electron chi connectivity index (χ3n) is 22.3. The molecule has 0 unspecified atom stereocenters. The van der Waals surface area contributed by atoms with E-state index in [0.29, 0.717) is 0 Å². The number of aliphatic hydroxyl groups excluding tert-OH is 25. The molecule has 10 aliphatic rings. The molecule has 10 heterocycles. The average Bonchev–Trinajstić information content (AvgIpc) is 0.771. The van der Waals surface area contributed by atoms with Gasteiger partial charge in [-0.15, -0.1) is 0 Å². The van der Waals surface area contributed by atoms with Crippen LogP contribution < -0.4 is 21.3 Å². The van der Waals surface area contributed by atoms with Crippen molar-refractivity contribution in [3.63, 3.8) is 0 Å². The van der Waals surface area contributed by atoms with E-state index in [9.17, 15) is 147 Å². The van der Waals surface area contributed by atoms with Crippen molar-refractivity contribution in [2.24, 2.45) is 0 Å². The van der Waals surface area contributed by atoms with Gasteiger partial charge in [-0.2, -0.15) is 0 Å². The fourth-order valence-corrected chi connectivity index (χ4v) is 15.7. The molecule has 50 atom stereocenters. The van der Waals surface area contributed by atoms with Crippen LogP contribution in [-0.2, 0) is 109 Å². The van der Waals surface area contributed by atoms with Gasteiger partial charge in [0.1, 0.15) is 226 Å². The van der Waals surface area contributed by atoms with E-state index in [1.165, 1.54) is 20.8 Å². The maximum Gasteiger partial charge on any atom is 0.217 e. The van der Waals surface area contributed by atoms with Crippen molar-refractivity contribution in [3.8, 4) is 0 Å². The molecule has 0 aliphatic carbocycles. The molecule has 0 spiro atoms. The number of carbonyl (C=O) groups is 4. The molecule has 10 fully saturated rings. The van der Waals surface area contributed by atoms with E-state index in [2.05, 4.69) is 21.3 Å². The first kappa shape index (κ1) is 98.3. The number of nitrogens with one attached hydrogen (secondary N) is 4. The summed E-state index contributed by atoms with van der Waals surface area (Å²) in [6, 6.07) is -7.52. The molecule has 0 aromatic rings. The zero-order chi connectivity index (χ0) is 88.4. The Balaban J connectivity index is 1.00. The highest BCUT2D eigenvalue weighted by atomic mass is 16.8. The number of amides is 4. The van der Waals surface area contributed by atoms with E-state index >= 15 is 0 Å². The molecule has 0 bridgehead atoms. The third-order valence-corrected chi connectivity index (χ3v) is 22.3. The Morgan fingerprint density at radius 2 is 0.525 bits per heavy atom. The van der Waals surface area contributed by atoms with Gasteiger partial charge in [-0.05, 0) is 20.8 Å². The lowest BCUT2D eigenvalue weighted by molar-refractivity contribution is -0.398. The van der Waals surface area contributed by atoms with Gasteiger partial charge in [0.25, 0.3) is 0 Å². The number of ether oxygens (including phenoxy) is 19. The Morgan fingerprint density at radius 1 is 0.233 bits per heavy atom. The second-order valence-electron chi connectivity index (χ2n) is 31.0. The molecule has 10 saturated heterocycles. The van der Waals surface area contributed by atoms with Gasteiger partial charge in [0.2, 0.25) is 23.6 Å². The molecule has 52 nitrogen and oxygen atoms in total. The summed E-state index contributed by atoms with van der Waals surface area (Å²) < 4.78 is 114. The molecule has 0 saturated carbocycles. The summed E-state index contributed by atoms with van der Waals surface area (Å²) in [5.74, 6) is -3.68. The molecule has 694 valence electrons. The maximum atomic E-state index is 13.3. The Morgan fingerprint density at radius 3 is 0.975 bits per heavy atom. The predicted octanol–water partition coefficient (Wildman–Crippen LogP) is -19.1. The van der Waals surface area contributed by atoms with Gasteiger partial charge in [-0.3, -0.25) is 19.2 Å². The maximum absolute atomic E-state index is 13.3.